The molecule has 0 fully saturated rings. The number of ketones is 1. The van der Waals surface area contributed by atoms with E-state index in [1.54, 1.807) is 13.0 Å². The predicted molar refractivity (Wildman–Crippen MR) is 75.5 cm³/mol. The van der Waals surface area contributed by atoms with Gasteiger partial charge in [0.05, 0.1) is 5.56 Å². The molecule has 1 aromatic heterocycles. The van der Waals surface area contributed by atoms with Crippen LogP contribution < -0.4 is 0 Å². The lowest BCUT2D eigenvalue weighted by molar-refractivity contribution is 0.101. The topological polar surface area (TPSA) is 30.2 Å². The van der Waals surface area contributed by atoms with Gasteiger partial charge in [-0.3, -0.25) is 4.79 Å². The summed E-state index contributed by atoms with van der Waals surface area (Å²) in [5, 5.41) is 0.792. The first kappa shape index (κ1) is 13.5. The molecular formula is C17H12F2O2. The van der Waals surface area contributed by atoms with Crippen molar-refractivity contribution in [3.05, 3.63) is 70.5 Å². The quantitative estimate of drug-likeness (QED) is 0.646. The van der Waals surface area contributed by atoms with E-state index in [0.29, 0.717) is 11.1 Å². The van der Waals surface area contributed by atoms with Crippen LogP contribution in [0.4, 0.5) is 8.78 Å². The van der Waals surface area contributed by atoms with E-state index >= 15 is 0 Å². The third kappa shape index (κ3) is 2.13. The van der Waals surface area contributed by atoms with E-state index in [1.807, 2.05) is 19.1 Å². The Morgan fingerprint density at radius 2 is 1.86 bits per heavy atom. The standard InChI is InChI=1S/C17H12F2O2/c1-9-6-7-11-10(2)17(21-14(11)8-9)16(20)12-4-3-5-13(18)15(12)19/h3-8H,1-2H3. The van der Waals surface area contributed by atoms with Crippen LogP contribution >= 0.6 is 0 Å². The van der Waals surface area contributed by atoms with Gasteiger partial charge in [-0.05, 0) is 37.6 Å². The van der Waals surface area contributed by atoms with Gasteiger partial charge in [-0.15, -0.1) is 0 Å². The normalized spacial score (nSPS) is 11.0. The predicted octanol–water partition coefficient (Wildman–Crippen LogP) is 4.56. The Hall–Kier alpha value is -2.49. The van der Waals surface area contributed by atoms with Crippen molar-refractivity contribution in [2.24, 2.45) is 0 Å². The molecular weight excluding hydrogens is 274 g/mol. The molecule has 0 radical (unpaired) electrons. The van der Waals surface area contributed by atoms with Gasteiger partial charge in [0.25, 0.3) is 0 Å². The molecule has 4 heteroatoms. The maximum atomic E-state index is 13.8. The summed E-state index contributed by atoms with van der Waals surface area (Å²) in [6.07, 6.45) is 0. The molecule has 21 heavy (non-hydrogen) atoms. The molecule has 0 unspecified atom stereocenters. The molecule has 3 rings (SSSR count). The van der Waals surface area contributed by atoms with Gasteiger partial charge in [0, 0.05) is 10.9 Å². The number of furan rings is 1. The van der Waals surface area contributed by atoms with E-state index in [-0.39, 0.29) is 11.3 Å². The van der Waals surface area contributed by atoms with Crippen LogP contribution in [0.15, 0.2) is 40.8 Å². The van der Waals surface area contributed by atoms with E-state index in [0.717, 1.165) is 17.0 Å². The largest absolute Gasteiger partial charge is 0.452 e. The number of benzene rings is 2. The van der Waals surface area contributed by atoms with Crippen LogP contribution in [-0.2, 0) is 0 Å². The van der Waals surface area contributed by atoms with Crippen molar-refractivity contribution in [1.82, 2.24) is 0 Å². The fourth-order valence-electron chi connectivity index (χ4n) is 2.35. The summed E-state index contributed by atoms with van der Waals surface area (Å²) in [5.41, 5.74) is 1.85. The fourth-order valence-corrected chi connectivity index (χ4v) is 2.35. The lowest BCUT2D eigenvalue weighted by atomic mass is 10.0. The molecule has 0 aliphatic rings. The van der Waals surface area contributed by atoms with E-state index < -0.39 is 17.4 Å². The van der Waals surface area contributed by atoms with Crippen molar-refractivity contribution in [2.75, 3.05) is 0 Å². The highest BCUT2D eigenvalue weighted by atomic mass is 19.2. The van der Waals surface area contributed by atoms with Crippen LogP contribution in [0.2, 0.25) is 0 Å². The highest BCUT2D eigenvalue weighted by molar-refractivity contribution is 6.10. The number of fused-ring (bicyclic) bond motifs is 1. The number of rotatable bonds is 2. The molecule has 0 aliphatic carbocycles. The second-order valence-electron chi connectivity index (χ2n) is 4.99. The number of hydrogen-bond donors (Lipinski definition) is 0. The maximum Gasteiger partial charge on any atom is 0.231 e. The number of hydrogen-bond acceptors (Lipinski definition) is 2. The van der Waals surface area contributed by atoms with Gasteiger partial charge < -0.3 is 4.42 Å². The Labute approximate surface area is 120 Å². The lowest BCUT2D eigenvalue weighted by Crippen LogP contribution is -2.06. The average molecular weight is 286 g/mol. The molecule has 106 valence electrons. The fraction of sp³-hybridized carbons (Fsp3) is 0.118. The van der Waals surface area contributed by atoms with E-state index in [9.17, 15) is 13.6 Å². The van der Waals surface area contributed by atoms with Gasteiger partial charge in [-0.25, -0.2) is 8.78 Å². The number of carbonyl (C=O) groups excluding carboxylic acids is 1. The average Bonchev–Trinajstić information content (AvgIpc) is 2.78. The van der Waals surface area contributed by atoms with Crippen LogP contribution in [0.25, 0.3) is 11.0 Å². The van der Waals surface area contributed by atoms with Crippen LogP contribution in [0.1, 0.15) is 27.2 Å². The van der Waals surface area contributed by atoms with Gasteiger partial charge in [0.2, 0.25) is 5.78 Å². The summed E-state index contributed by atoms with van der Waals surface area (Å²) >= 11 is 0. The Kier molecular flexibility index (Phi) is 3.09. The smallest absolute Gasteiger partial charge is 0.231 e. The van der Waals surface area contributed by atoms with Gasteiger partial charge in [-0.2, -0.15) is 0 Å². The molecule has 0 amide bonds. The Morgan fingerprint density at radius 3 is 2.62 bits per heavy atom. The Bertz CT molecular complexity index is 863. The van der Waals surface area contributed by atoms with Crippen molar-refractivity contribution >= 4 is 16.8 Å². The van der Waals surface area contributed by atoms with Gasteiger partial charge in [0.15, 0.2) is 17.4 Å². The first-order valence-electron chi connectivity index (χ1n) is 6.47. The zero-order valence-corrected chi connectivity index (χ0v) is 11.5. The monoisotopic (exact) mass is 286 g/mol. The third-order valence-electron chi connectivity index (χ3n) is 3.50. The SMILES string of the molecule is Cc1ccc2c(C)c(C(=O)c3cccc(F)c3F)oc2c1. The van der Waals surface area contributed by atoms with Crippen LogP contribution in [0, 0.1) is 25.5 Å². The molecule has 0 N–H and O–H groups in total. The van der Waals surface area contributed by atoms with E-state index in [2.05, 4.69) is 0 Å². The summed E-state index contributed by atoms with van der Waals surface area (Å²) in [6.45, 7) is 3.64. The molecule has 0 atom stereocenters. The second-order valence-corrected chi connectivity index (χ2v) is 4.99. The first-order valence-corrected chi connectivity index (χ1v) is 6.47. The zero-order valence-electron chi connectivity index (χ0n) is 11.5. The zero-order chi connectivity index (χ0) is 15.1. The minimum Gasteiger partial charge on any atom is -0.452 e. The Morgan fingerprint density at radius 1 is 1.10 bits per heavy atom. The molecule has 0 saturated carbocycles. The van der Waals surface area contributed by atoms with Crippen molar-refractivity contribution in [1.29, 1.82) is 0 Å². The van der Waals surface area contributed by atoms with Crippen LogP contribution in [-0.4, -0.2) is 5.78 Å². The van der Waals surface area contributed by atoms with Crippen molar-refractivity contribution in [3.8, 4) is 0 Å². The molecule has 2 aromatic carbocycles. The highest BCUT2D eigenvalue weighted by Gasteiger charge is 2.23. The van der Waals surface area contributed by atoms with Crippen molar-refractivity contribution in [2.45, 2.75) is 13.8 Å². The third-order valence-corrected chi connectivity index (χ3v) is 3.50. The summed E-state index contributed by atoms with van der Waals surface area (Å²) in [5.74, 6) is -2.82. The minimum atomic E-state index is -1.15. The Balaban J connectivity index is 2.18. The second kappa shape index (κ2) is 4.81. The lowest BCUT2D eigenvalue weighted by Gasteiger charge is -2.01. The van der Waals surface area contributed by atoms with Crippen molar-refractivity contribution in [3.63, 3.8) is 0 Å². The molecule has 2 nitrogen and oxygen atoms in total. The summed E-state index contributed by atoms with van der Waals surface area (Å²) < 4.78 is 32.6. The highest BCUT2D eigenvalue weighted by Crippen LogP contribution is 2.28. The summed E-state index contributed by atoms with van der Waals surface area (Å²) in [6, 6.07) is 9.08. The molecule has 0 spiro atoms. The van der Waals surface area contributed by atoms with Crippen molar-refractivity contribution < 1.29 is 18.0 Å². The number of aryl methyl sites for hydroxylation is 2. The summed E-state index contributed by atoms with van der Waals surface area (Å²) in [7, 11) is 0. The van der Waals surface area contributed by atoms with Crippen LogP contribution in [0.5, 0.6) is 0 Å². The number of halogens is 2. The minimum absolute atomic E-state index is 0.0418. The summed E-state index contributed by atoms with van der Waals surface area (Å²) in [4.78, 5) is 12.4. The van der Waals surface area contributed by atoms with Gasteiger partial charge in [-0.1, -0.05) is 18.2 Å². The van der Waals surface area contributed by atoms with E-state index in [4.69, 9.17) is 4.42 Å². The molecule has 0 saturated heterocycles. The van der Waals surface area contributed by atoms with Gasteiger partial charge in [0.1, 0.15) is 5.58 Å². The first-order chi connectivity index (χ1) is 9.99. The van der Waals surface area contributed by atoms with Gasteiger partial charge >= 0.3 is 0 Å². The maximum absolute atomic E-state index is 13.8. The molecule has 1 heterocycles. The molecule has 0 bridgehead atoms. The molecule has 3 aromatic rings. The van der Waals surface area contributed by atoms with E-state index in [1.165, 1.54) is 12.1 Å². The number of carbonyl (C=O) groups is 1. The molecule has 0 aliphatic heterocycles. The van der Waals surface area contributed by atoms with Crippen LogP contribution in [0.3, 0.4) is 0 Å².